The second kappa shape index (κ2) is 6.83. The van der Waals surface area contributed by atoms with E-state index in [-0.39, 0.29) is 6.23 Å². The van der Waals surface area contributed by atoms with Gasteiger partial charge in [0.05, 0.1) is 6.61 Å². The Morgan fingerprint density at radius 2 is 2.31 bits per heavy atom. The van der Waals surface area contributed by atoms with Crippen LogP contribution in [-0.4, -0.2) is 48.4 Å². The van der Waals surface area contributed by atoms with Gasteiger partial charge in [0.15, 0.2) is 0 Å². The van der Waals surface area contributed by atoms with Crippen LogP contribution >= 0.6 is 0 Å². The van der Waals surface area contributed by atoms with E-state index in [1.54, 1.807) is 0 Å². The minimum atomic E-state index is -0.904. The molecular formula is C11H22N2O3. The van der Waals surface area contributed by atoms with Crippen LogP contribution in [0, 0.1) is 0 Å². The molecule has 2 unspecified atom stereocenters. The minimum Gasteiger partial charge on any atom is -0.480 e. The summed E-state index contributed by atoms with van der Waals surface area (Å²) in [5, 5.41) is 8.59. The molecule has 94 valence electrons. The molecule has 5 heteroatoms. The third-order valence-corrected chi connectivity index (χ3v) is 3.03. The van der Waals surface area contributed by atoms with Crippen LogP contribution in [0.15, 0.2) is 0 Å². The molecule has 0 aromatic carbocycles. The molecule has 1 rings (SSSR count). The zero-order valence-corrected chi connectivity index (χ0v) is 9.89. The summed E-state index contributed by atoms with van der Waals surface area (Å²) in [5.41, 5.74) is 5.41. The number of nitrogens with zero attached hydrogens (tertiary/aromatic N) is 1. The lowest BCUT2D eigenvalue weighted by atomic mass is 10.1. The van der Waals surface area contributed by atoms with Crippen molar-refractivity contribution in [2.75, 3.05) is 20.2 Å². The van der Waals surface area contributed by atoms with Crippen LogP contribution in [0.1, 0.15) is 32.1 Å². The molecule has 1 heterocycles. The summed E-state index contributed by atoms with van der Waals surface area (Å²) in [7, 11) is 2.07. The van der Waals surface area contributed by atoms with Crippen molar-refractivity contribution < 1.29 is 14.6 Å². The zero-order valence-electron chi connectivity index (χ0n) is 9.89. The van der Waals surface area contributed by atoms with Crippen LogP contribution in [0.4, 0.5) is 0 Å². The standard InChI is InChI=1S/C11H22N2O3/c1-13-7-8-16-10(13)6-4-2-3-5-9(12)11(14)15/h9-10H,2-8,12H2,1H3,(H,14,15). The highest BCUT2D eigenvalue weighted by Gasteiger charge is 2.20. The molecule has 2 atom stereocenters. The van der Waals surface area contributed by atoms with Gasteiger partial charge < -0.3 is 15.6 Å². The van der Waals surface area contributed by atoms with Crippen LogP contribution in [-0.2, 0) is 9.53 Å². The number of aliphatic carboxylic acids is 1. The third kappa shape index (κ3) is 4.47. The Hall–Kier alpha value is -0.650. The number of rotatable bonds is 7. The molecule has 0 aliphatic carbocycles. The first-order valence-corrected chi connectivity index (χ1v) is 5.91. The number of unbranched alkanes of at least 4 members (excludes halogenated alkanes) is 2. The summed E-state index contributed by atoms with van der Waals surface area (Å²) in [5.74, 6) is -0.904. The van der Waals surface area contributed by atoms with Gasteiger partial charge in [0.2, 0.25) is 0 Å². The summed E-state index contributed by atoms with van der Waals surface area (Å²) in [6, 6.07) is -0.703. The van der Waals surface area contributed by atoms with Crippen LogP contribution in [0.3, 0.4) is 0 Å². The molecule has 0 radical (unpaired) electrons. The first-order valence-electron chi connectivity index (χ1n) is 5.91. The molecule has 1 aliphatic rings. The predicted octanol–water partition coefficient (Wildman–Crippen LogP) is 0.637. The highest BCUT2D eigenvalue weighted by atomic mass is 16.5. The molecule has 0 aromatic heterocycles. The first kappa shape index (κ1) is 13.4. The maximum absolute atomic E-state index is 10.5. The van der Waals surface area contributed by atoms with Crippen molar-refractivity contribution in [1.82, 2.24) is 4.90 Å². The lowest BCUT2D eigenvalue weighted by Crippen LogP contribution is -2.29. The van der Waals surface area contributed by atoms with E-state index < -0.39 is 12.0 Å². The normalized spacial score (nSPS) is 23.5. The first-order chi connectivity index (χ1) is 7.61. The van der Waals surface area contributed by atoms with Gasteiger partial charge in [-0.25, -0.2) is 0 Å². The summed E-state index contributed by atoms with van der Waals surface area (Å²) in [6.45, 7) is 1.83. The Balaban J connectivity index is 1.97. The van der Waals surface area contributed by atoms with Crippen molar-refractivity contribution in [1.29, 1.82) is 0 Å². The monoisotopic (exact) mass is 230 g/mol. The average Bonchev–Trinajstić information content (AvgIpc) is 2.63. The van der Waals surface area contributed by atoms with Crippen molar-refractivity contribution in [3.63, 3.8) is 0 Å². The number of carboxylic acids is 1. The van der Waals surface area contributed by atoms with E-state index in [2.05, 4.69) is 11.9 Å². The van der Waals surface area contributed by atoms with E-state index in [0.717, 1.165) is 38.8 Å². The predicted molar refractivity (Wildman–Crippen MR) is 61.1 cm³/mol. The Morgan fingerprint density at radius 1 is 1.56 bits per heavy atom. The molecule has 0 saturated carbocycles. The summed E-state index contributed by atoms with van der Waals surface area (Å²) < 4.78 is 5.54. The molecule has 1 saturated heterocycles. The second-order valence-corrected chi connectivity index (χ2v) is 4.39. The highest BCUT2D eigenvalue weighted by molar-refractivity contribution is 5.72. The molecule has 0 bridgehead atoms. The maximum atomic E-state index is 10.5. The molecular weight excluding hydrogens is 208 g/mol. The number of hydrogen-bond acceptors (Lipinski definition) is 4. The minimum absolute atomic E-state index is 0.258. The lowest BCUT2D eigenvalue weighted by molar-refractivity contribution is -0.138. The van der Waals surface area contributed by atoms with Crippen LogP contribution in [0.2, 0.25) is 0 Å². The van der Waals surface area contributed by atoms with Gasteiger partial charge in [0.1, 0.15) is 12.3 Å². The van der Waals surface area contributed by atoms with Gasteiger partial charge in [-0.15, -0.1) is 0 Å². The molecule has 1 aliphatic heterocycles. The van der Waals surface area contributed by atoms with Crippen molar-refractivity contribution in [2.45, 2.75) is 44.4 Å². The quantitative estimate of drug-likeness (QED) is 0.628. The Labute approximate surface area is 96.6 Å². The summed E-state index contributed by atoms with van der Waals surface area (Å²) in [6.07, 6.45) is 4.82. The van der Waals surface area contributed by atoms with E-state index in [9.17, 15) is 4.79 Å². The van der Waals surface area contributed by atoms with E-state index in [1.807, 2.05) is 0 Å². The van der Waals surface area contributed by atoms with E-state index in [1.165, 1.54) is 0 Å². The SMILES string of the molecule is CN1CCOC1CCCCCC(N)C(=O)O. The van der Waals surface area contributed by atoms with Crippen LogP contribution in [0.5, 0.6) is 0 Å². The van der Waals surface area contributed by atoms with Gasteiger partial charge in [-0.3, -0.25) is 9.69 Å². The second-order valence-electron chi connectivity index (χ2n) is 4.39. The van der Waals surface area contributed by atoms with Gasteiger partial charge in [0, 0.05) is 6.54 Å². The van der Waals surface area contributed by atoms with E-state index in [4.69, 9.17) is 15.6 Å². The molecule has 0 amide bonds. The van der Waals surface area contributed by atoms with Gasteiger partial charge in [-0.05, 0) is 26.3 Å². The Kier molecular flexibility index (Phi) is 5.73. The zero-order chi connectivity index (χ0) is 12.0. The molecule has 0 spiro atoms. The molecule has 0 aromatic rings. The Morgan fingerprint density at radius 3 is 2.88 bits per heavy atom. The van der Waals surface area contributed by atoms with Gasteiger partial charge in [0.25, 0.3) is 0 Å². The maximum Gasteiger partial charge on any atom is 0.320 e. The molecule has 5 nitrogen and oxygen atoms in total. The van der Waals surface area contributed by atoms with Crippen molar-refractivity contribution in [3.8, 4) is 0 Å². The number of nitrogens with two attached hydrogens (primary N) is 1. The number of carboxylic acid groups (broad SMARTS) is 1. The Bertz CT molecular complexity index is 223. The van der Waals surface area contributed by atoms with E-state index in [0.29, 0.717) is 6.42 Å². The van der Waals surface area contributed by atoms with Gasteiger partial charge in [-0.2, -0.15) is 0 Å². The fourth-order valence-electron chi connectivity index (χ4n) is 1.89. The van der Waals surface area contributed by atoms with E-state index >= 15 is 0 Å². The molecule has 3 N–H and O–H groups in total. The fraction of sp³-hybridized carbons (Fsp3) is 0.909. The topological polar surface area (TPSA) is 75.8 Å². The summed E-state index contributed by atoms with van der Waals surface area (Å²) in [4.78, 5) is 12.7. The van der Waals surface area contributed by atoms with Crippen molar-refractivity contribution in [3.05, 3.63) is 0 Å². The van der Waals surface area contributed by atoms with Crippen LogP contribution < -0.4 is 5.73 Å². The average molecular weight is 230 g/mol. The van der Waals surface area contributed by atoms with Crippen molar-refractivity contribution in [2.24, 2.45) is 5.73 Å². The summed E-state index contributed by atoms with van der Waals surface area (Å²) >= 11 is 0. The van der Waals surface area contributed by atoms with Gasteiger partial charge >= 0.3 is 5.97 Å². The number of hydrogen-bond donors (Lipinski definition) is 2. The van der Waals surface area contributed by atoms with Gasteiger partial charge in [-0.1, -0.05) is 12.8 Å². The number of likely N-dealkylation sites (N-methyl/N-ethyl adjacent to an activating group) is 1. The highest BCUT2D eigenvalue weighted by Crippen LogP contribution is 2.15. The number of carbonyl (C=O) groups is 1. The van der Waals surface area contributed by atoms with Crippen LogP contribution in [0.25, 0.3) is 0 Å². The molecule has 1 fully saturated rings. The smallest absolute Gasteiger partial charge is 0.320 e. The third-order valence-electron chi connectivity index (χ3n) is 3.03. The fourth-order valence-corrected chi connectivity index (χ4v) is 1.89. The molecule has 16 heavy (non-hydrogen) atoms. The lowest BCUT2D eigenvalue weighted by Gasteiger charge is -2.17. The number of ether oxygens (including phenoxy) is 1. The largest absolute Gasteiger partial charge is 0.480 e. The van der Waals surface area contributed by atoms with Crippen molar-refractivity contribution >= 4 is 5.97 Å².